The minimum Gasteiger partial charge on any atom is -0.325 e. The van der Waals surface area contributed by atoms with Gasteiger partial charge in [-0.05, 0) is 63.2 Å². The molecule has 186 valence electrons. The molecule has 0 fully saturated rings. The summed E-state index contributed by atoms with van der Waals surface area (Å²) in [6.45, 7) is 5.71. The summed E-state index contributed by atoms with van der Waals surface area (Å²) < 4.78 is 29.1. The number of sulfonamides is 1. The number of nitrogens with zero attached hydrogens (tertiary/aromatic N) is 4. The number of amides is 1. The van der Waals surface area contributed by atoms with Crippen molar-refractivity contribution >= 4 is 50.2 Å². The standard InChI is InChI=1S/C24H24N6O4S2/c1-4-30-22(32)19-7-5-6-8-20(19)28-24(30)35-16(3)21(31)27-17-9-11-18(12-10-17)36(33,34)29-23-25-14-13-15(2)26-23/h5-14,16H,4H2,1-3H3,(H,27,31)(H,25,26,29). The molecule has 0 aliphatic rings. The van der Waals surface area contributed by atoms with Gasteiger partial charge in [-0.25, -0.2) is 28.1 Å². The largest absolute Gasteiger partial charge is 0.325 e. The topological polar surface area (TPSA) is 136 Å². The summed E-state index contributed by atoms with van der Waals surface area (Å²) in [4.78, 5) is 38.2. The van der Waals surface area contributed by atoms with E-state index in [1.807, 2.05) is 13.0 Å². The Morgan fingerprint density at radius 2 is 1.81 bits per heavy atom. The maximum Gasteiger partial charge on any atom is 0.264 e. The zero-order chi connectivity index (χ0) is 25.9. The van der Waals surface area contributed by atoms with E-state index in [0.29, 0.717) is 34.0 Å². The van der Waals surface area contributed by atoms with Crippen LogP contribution in [0.3, 0.4) is 0 Å². The molecule has 10 nitrogen and oxygen atoms in total. The Morgan fingerprint density at radius 3 is 2.50 bits per heavy atom. The number of carbonyl (C=O) groups excluding carboxylic acids is 1. The molecule has 0 saturated carbocycles. The maximum atomic E-state index is 12.8. The van der Waals surface area contributed by atoms with E-state index in [1.54, 1.807) is 42.7 Å². The van der Waals surface area contributed by atoms with Crippen LogP contribution in [0, 0.1) is 6.92 Å². The lowest BCUT2D eigenvalue weighted by atomic mass is 10.2. The van der Waals surface area contributed by atoms with Gasteiger partial charge in [0.1, 0.15) is 0 Å². The molecular weight excluding hydrogens is 500 g/mol. The van der Waals surface area contributed by atoms with E-state index in [1.165, 1.54) is 42.2 Å². The number of hydrogen-bond donors (Lipinski definition) is 2. The van der Waals surface area contributed by atoms with Gasteiger partial charge in [-0.2, -0.15) is 0 Å². The average Bonchev–Trinajstić information content (AvgIpc) is 2.84. The van der Waals surface area contributed by atoms with Crippen molar-refractivity contribution in [3.63, 3.8) is 0 Å². The highest BCUT2D eigenvalue weighted by molar-refractivity contribution is 8.00. The summed E-state index contributed by atoms with van der Waals surface area (Å²) in [6.07, 6.45) is 1.46. The van der Waals surface area contributed by atoms with Crippen molar-refractivity contribution in [2.24, 2.45) is 0 Å². The Bertz CT molecular complexity index is 1590. The highest BCUT2D eigenvalue weighted by atomic mass is 32.2. The maximum absolute atomic E-state index is 12.8. The molecule has 4 aromatic rings. The zero-order valence-electron chi connectivity index (χ0n) is 19.8. The van der Waals surface area contributed by atoms with E-state index in [-0.39, 0.29) is 22.3 Å². The van der Waals surface area contributed by atoms with Gasteiger partial charge in [-0.3, -0.25) is 14.2 Å². The first-order chi connectivity index (χ1) is 17.2. The fraction of sp³-hybridized carbons (Fsp3) is 0.208. The van der Waals surface area contributed by atoms with Gasteiger partial charge in [0.05, 0.1) is 21.0 Å². The summed E-state index contributed by atoms with van der Waals surface area (Å²) in [5.41, 5.74) is 1.48. The molecular formula is C24H24N6O4S2. The number of thioether (sulfide) groups is 1. The van der Waals surface area contributed by atoms with Gasteiger partial charge in [-0.1, -0.05) is 23.9 Å². The normalized spacial score (nSPS) is 12.3. The van der Waals surface area contributed by atoms with Gasteiger partial charge in [0.15, 0.2) is 5.16 Å². The number of hydrogen-bond acceptors (Lipinski definition) is 8. The van der Waals surface area contributed by atoms with E-state index < -0.39 is 15.3 Å². The molecule has 0 bridgehead atoms. The predicted octanol–water partition coefficient (Wildman–Crippen LogP) is 3.43. The molecule has 0 radical (unpaired) electrons. The molecule has 1 atom stereocenters. The monoisotopic (exact) mass is 524 g/mol. The predicted molar refractivity (Wildman–Crippen MR) is 140 cm³/mol. The summed E-state index contributed by atoms with van der Waals surface area (Å²) >= 11 is 1.18. The van der Waals surface area contributed by atoms with Crippen LogP contribution in [-0.4, -0.2) is 39.1 Å². The molecule has 2 aromatic carbocycles. The highest BCUT2D eigenvalue weighted by Gasteiger charge is 2.20. The first kappa shape index (κ1) is 25.3. The van der Waals surface area contributed by atoms with Gasteiger partial charge in [-0.15, -0.1) is 0 Å². The van der Waals surface area contributed by atoms with Crippen molar-refractivity contribution in [2.75, 3.05) is 10.0 Å². The molecule has 0 saturated heterocycles. The Balaban J connectivity index is 1.46. The van der Waals surface area contributed by atoms with Crippen LogP contribution in [0.4, 0.5) is 11.6 Å². The molecule has 4 rings (SSSR count). The fourth-order valence-corrected chi connectivity index (χ4v) is 5.29. The highest BCUT2D eigenvalue weighted by Crippen LogP contribution is 2.24. The van der Waals surface area contributed by atoms with Crippen LogP contribution < -0.4 is 15.6 Å². The lowest BCUT2D eigenvalue weighted by Crippen LogP contribution is -2.26. The Labute approximate surface area is 212 Å². The zero-order valence-corrected chi connectivity index (χ0v) is 21.4. The third kappa shape index (κ3) is 5.55. The van der Waals surface area contributed by atoms with Crippen molar-refractivity contribution < 1.29 is 13.2 Å². The molecule has 2 heterocycles. The average molecular weight is 525 g/mol. The number of anilines is 2. The van der Waals surface area contributed by atoms with Crippen molar-refractivity contribution in [2.45, 2.75) is 42.6 Å². The molecule has 1 unspecified atom stereocenters. The van der Waals surface area contributed by atoms with Crippen molar-refractivity contribution in [1.29, 1.82) is 0 Å². The van der Waals surface area contributed by atoms with Gasteiger partial charge in [0, 0.05) is 24.1 Å². The molecule has 2 N–H and O–H groups in total. The van der Waals surface area contributed by atoms with E-state index in [4.69, 9.17) is 0 Å². The van der Waals surface area contributed by atoms with Crippen LogP contribution in [0.2, 0.25) is 0 Å². The second-order valence-corrected chi connectivity index (χ2v) is 10.9. The number of carbonyl (C=O) groups is 1. The first-order valence-electron chi connectivity index (χ1n) is 11.1. The first-order valence-corrected chi connectivity index (χ1v) is 13.4. The number of aromatic nitrogens is 4. The van der Waals surface area contributed by atoms with Crippen molar-refractivity contribution in [3.05, 3.63) is 76.8 Å². The van der Waals surface area contributed by atoms with Gasteiger partial charge < -0.3 is 5.32 Å². The minimum atomic E-state index is -3.89. The van der Waals surface area contributed by atoms with Crippen LogP contribution in [-0.2, 0) is 21.4 Å². The lowest BCUT2D eigenvalue weighted by Gasteiger charge is -2.15. The van der Waals surface area contributed by atoms with E-state index in [0.717, 1.165) is 0 Å². The smallest absolute Gasteiger partial charge is 0.264 e. The second-order valence-electron chi connectivity index (χ2n) is 7.86. The van der Waals surface area contributed by atoms with E-state index in [9.17, 15) is 18.0 Å². The molecule has 2 aromatic heterocycles. The molecule has 0 aliphatic heterocycles. The molecule has 12 heteroatoms. The number of nitrogens with one attached hydrogen (secondary N) is 2. The third-order valence-corrected chi connectivity index (χ3v) is 7.68. The summed E-state index contributed by atoms with van der Waals surface area (Å²) in [5.74, 6) is -0.335. The Morgan fingerprint density at radius 1 is 1.08 bits per heavy atom. The number of aryl methyl sites for hydroxylation is 1. The fourth-order valence-electron chi connectivity index (χ4n) is 3.37. The molecule has 0 aliphatic carbocycles. The molecule has 36 heavy (non-hydrogen) atoms. The molecule has 1 amide bonds. The minimum absolute atomic E-state index is 0.000329. The van der Waals surface area contributed by atoms with Crippen LogP contribution in [0.5, 0.6) is 0 Å². The SMILES string of the molecule is CCn1c(SC(C)C(=O)Nc2ccc(S(=O)(=O)Nc3nccc(C)n3)cc2)nc2ccccc2c1=O. The Kier molecular flexibility index (Phi) is 7.36. The third-order valence-electron chi connectivity index (χ3n) is 5.25. The van der Waals surface area contributed by atoms with Crippen LogP contribution >= 0.6 is 11.8 Å². The lowest BCUT2D eigenvalue weighted by molar-refractivity contribution is -0.115. The van der Waals surface area contributed by atoms with Gasteiger partial charge in [0.25, 0.3) is 15.6 Å². The van der Waals surface area contributed by atoms with Crippen LogP contribution in [0.25, 0.3) is 10.9 Å². The number of fused-ring (bicyclic) bond motifs is 1. The quantitative estimate of drug-likeness (QED) is 0.264. The van der Waals surface area contributed by atoms with E-state index in [2.05, 4.69) is 25.0 Å². The van der Waals surface area contributed by atoms with Crippen LogP contribution in [0.15, 0.2) is 75.6 Å². The van der Waals surface area contributed by atoms with Crippen molar-refractivity contribution in [3.8, 4) is 0 Å². The summed E-state index contributed by atoms with van der Waals surface area (Å²) in [5, 5.41) is 3.18. The van der Waals surface area contributed by atoms with Crippen LogP contribution in [0.1, 0.15) is 19.5 Å². The Hall–Kier alpha value is -3.77. The number of rotatable bonds is 8. The second kappa shape index (κ2) is 10.5. The van der Waals surface area contributed by atoms with Crippen molar-refractivity contribution in [1.82, 2.24) is 19.5 Å². The molecule has 0 spiro atoms. The summed E-state index contributed by atoms with van der Waals surface area (Å²) in [7, 11) is -3.89. The summed E-state index contributed by atoms with van der Waals surface area (Å²) in [6, 6.07) is 14.5. The van der Waals surface area contributed by atoms with Gasteiger partial charge in [0.2, 0.25) is 11.9 Å². The number of benzene rings is 2. The van der Waals surface area contributed by atoms with E-state index >= 15 is 0 Å². The van der Waals surface area contributed by atoms with Gasteiger partial charge >= 0.3 is 0 Å². The number of para-hydroxylation sites is 1.